The first-order valence-corrected chi connectivity index (χ1v) is 4.96. The van der Waals surface area contributed by atoms with E-state index in [-0.39, 0.29) is 24.0 Å². The molecule has 15 heavy (non-hydrogen) atoms. The van der Waals surface area contributed by atoms with Crippen LogP contribution in [-0.4, -0.2) is 57.4 Å². The third-order valence-electron chi connectivity index (χ3n) is 2.12. The maximum absolute atomic E-state index is 5.81. The Morgan fingerprint density at radius 3 is 2.73 bits per heavy atom. The Morgan fingerprint density at radius 1 is 1.47 bits per heavy atom. The van der Waals surface area contributed by atoms with Crippen LogP contribution >= 0.6 is 24.0 Å². The summed E-state index contributed by atoms with van der Waals surface area (Å²) in [6, 6.07) is 0. The SMILES string of the molecule is COCCCN=C(N)N1CCOCC1.I. The van der Waals surface area contributed by atoms with Crippen molar-refractivity contribution in [1.82, 2.24) is 4.90 Å². The van der Waals surface area contributed by atoms with E-state index in [2.05, 4.69) is 9.89 Å². The van der Waals surface area contributed by atoms with Crippen molar-refractivity contribution in [3.05, 3.63) is 0 Å². The molecule has 0 aromatic heterocycles. The first-order chi connectivity index (χ1) is 6.84. The zero-order valence-electron chi connectivity index (χ0n) is 9.15. The van der Waals surface area contributed by atoms with Crippen molar-refractivity contribution in [2.45, 2.75) is 6.42 Å². The molecule has 2 N–H and O–H groups in total. The Hall–Kier alpha value is -0.0800. The molecular formula is C9H20IN3O2. The average molecular weight is 329 g/mol. The van der Waals surface area contributed by atoms with Crippen LogP contribution < -0.4 is 5.73 Å². The van der Waals surface area contributed by atoms with Gasteiger partial charge in [0.2, 0.25) is 0 Å². The van der Waals surface area contributed by atoms with Gasteiger partial charge in [-0.25, -0.2) is 0 Å². The Balaban J connectivity index is 0.00000196. The first-order valence-electron chi connectivity index (χ1n) is 4.96. The molecule has 1 fully saturated rings. The summed E-state index contributed by atoms with van der Waals surface area (Å²) < 4.78 is 10.1. The number of morpholine rings is 1. The topological polar surface area (TPSA) is 60.1 Å². The Bertz CT molecular complexity index is 184. The van der Waals surface area contributed by atoms with Crippen LogP contribution in [0.15, 0.2) is 4.99 Å². The number of guanidine groups is 1. The van der Waals surface area contributed by atoms with Crippen LogP contribution in [0.3, 0.4) is 0 Å². The fourth-order valence-corrected chi connectivity index (χ4v) is 1.29. The number of nitrogens with zero attached hydrogens (tertiary/aromatic N) is 2. The number of methoxy groups -OCH3 is 1. The molecule has 0 aromatic carbocycles. The second kappa shape index (κ2) is 9.17. The Labute approximate surface area is 108 Å². The number of halogens is 1. The molecule has 6 heteroatoms. The van der Waals surface area contributed by atoms with E-state index in [1.165, 1.54) is 0 Å². The third-order valence-corrected chi connectivity index (χ3v) is 2.12. The predicted octanol–water partition coefficient (Wildman–Crippen LogP) is 0.288. The van der Waals surface area contributed by atoms with E-state index in [1.54, 1.807) is 7.11 Å². The zero-order chi connectivity index (χ0) is 10.2. The van der Waals surface area contributed by atoms with E-state index in [4.69, 9.17) is 15.2 Å². The summed E-state index contributed by atoms with van der Waals surface area (Å²) in [6.07, 6.45) is 0.918. The van der Waals surface area contributed by atoms with Crippen LogP contribution in [0, 0.1) is 0 Å². The molecule has 1 aliphatic heterocycles. The summed E-state index contributed by atoms with van der Waals surface area (Å²) in [4.78, 5) is 6.32. The Kier molecular flexibility index (Phi) is 9.12. The largest absolute Gasteiger partial charge is 0.385 e. The summed E-state index contributed by atoms with van der Waals surface area (Å²) in [5.41, 5.74) is 5.81. The van der Waals surface area contributed by atoms with Crippen molar-refractivity contribution in [3.63, 3.8) is 0 Å². The summed E-state index contributed by atoms with van der Waals surface area (Å²) >= 11 is 0. The summed E-state index contributed by atoms with van der Waals surface area (Å²) in [7, 11) is 1.69. The monoisotopic (exact) mass is 329 g/mol. The van der Waals surface area contributed by atoms with Crippen LogP contribution in [0.25, 0.3) is 0 Å². The van der Waals surface area contributed by atoms with Crippen molar-refractivity contribution in [1.29, 1.82) is 0 Å². The highest BCUT2D eigenvalue weighted by molar-refractivity contribution is 14.0. The van der Waals surface area contributed by atoms with Crippen LogP contribution in [0.4, 0.5) is 0 Å². The lowest BCUT2D eigenvalue weighted by atomic mass is 10.4. The molecule has 0 aliphatic carbocycles. The number of aliphatic imine (C=N–C) groups is 1. The van der Waals surface area contributed by atoms with E-state index in [0.717, 1.165) is 45.9 Å². The van der Waals surface area contributed by atoms with Crippen molar-refractivity contribution in [2.75, 3.05) is 46.6 Å². The number of hydrogen-bond acceptors (Lipinski definition) is 3. The van der Waals surface area contributed by atoms with Gasteiger partial charge in [0.1, 0.15) is 0 Å². The van der Waals surface area contributed by atoms with Crippen LogP contribution in [0.2, 0.25) is 0 Å². The van der Waals surface area contributed by atoms with Gasteiger partial charge in [0, 0.05) is 33.4 Å². The summed E-state index contributed by atoms with van der Waals surface area (Å²) in [5, 5.41) is 0. The number of rotatable bonds is 4. The molecule has 1 rings (SSSR count). The first kappa shape index (κ1) is 14.9. The third kappa shape index (κ3) is 6.16. The van der Waals surface area contributed by atoms with Gasteiger partial charge in [-0.1, -0.05) is 0 Å². The normalized spacial score (nSPS) is 17.4. The van der Waals surface area contributed by atoms with E-state index in [0.29, 0.717) is 5.96 Å². The molecule has 90 valence electrons. The lowest BCUT2D eigenvalue weighted by Crippen LogP contribution is -2.44. The van der Waals surface area contributed by atoms with Crippen molar-refractivity contribution in [3.8, 4) is 0 Å². The predicted molar refractivity (Wildman–Crippen MR) is 70.8 cm³/mol. The number of ether oxygens (including phenoxy) is 2. The maximum atomic E-state index is 5.81. The molecule has 1 aliphatic rings. The summed E-state index contributed by atoms with van der Waals surface area (Å²) in [5.74, 6) is 0.629. The van der Waals surface area contributed by atoms with Gasteiger partial charge >= 0.3 is 0 Å². The number of nitrogens with two attached hydrogens (primary N) is 1. The van der Waals surface area contributed by atoms with Gasteiger partial charge in [-0.2, -0.15) is 0 Å². The molecule has 0 radical (unpaired) electrons. The van der Waals surface area contributed by atoms with Crippen molar-refractivity contribution in [2.24, 2.45) is 10.7 Å². The minimum absolute atomic E-state index is 0. The zero-order valence-corrected chi connectivity index (χ0v) is 11.5. The van der Waals surface area contributed by atoms with Crippen LogP contribution in [-0.2, 0) is 9.47 Å². The molecule has 0 atom stereocenters. The molecule has 0 bridgehead atoms. The smallest absolute Gasteiger partial charge is 0.191 e. The second-order valence-electron chi connectivity index (χ2n) is 3.19. The van der Waals surface area contributed by atoms with E-state index in [9.17, 15) is 0 Å². The molecule has 0 spiro atoms. The van der Waals surface area contributed by atoms with E-state index < -0.39 is 0 Å². The van der Waals surface area contributed by atoms with Gasteiger partial charge in [0.25, 0.3) is 0 Å². The van der Waals surface area contributed by atoms with Gasteiger partial charge in [-0.05, 0) is 6.42 Å². The molecular weight excluding hydrogens is 309 g/mol. The minimum Gasteiger partial charge on any atom is -0.385 e. The molecule has 0 aromatic rings. The van der Waals surface area contributed by atoms with Gasteiger partial charge in [-0.3, -0.25) is 4.99 Å². The lowest BCUT2D eigenvalue weighted by Gasteiger charge is -2.27. The Morgan fingerprint density at radius 2 is 2.13 bits per heavy atom. The molecule has 0 saturated carbocycles. The second-order valence-corrected chi connectivity index (χ2v) is 3.19. The highest BCUT2D eigenvalue weighted by atomic mass is 127. The molecule has 1 heterocycles. The van der Waals surface area contributed by atoms with Gasteiger partial charge in [0.05, 0.1) is 13.2 Å². The molecule has 5 nitrogen and oxygen atoms in total. The van der Waals surface area contributed by atoms with Gasteiger partial charge in [-0.15, -0.1) is 24.0 Å². The van der Waals surface area contributed by atoms with Crippen LogP contribution in [0.1, 0.15) is 6.42 Å². The highest BCUT2D eigenvalue weighted by Gasteiger charge is 2.11. The minimum atomic E-state index is 0. The quantitative estimate of drug-likeness (QED) is 0.349. The van der Waals surface area contributed by atoms with Gasteiger partial charge in [0.15, 0.2) is 5.96 Å². The molecule has 1 saturated heterocycles. The fourth-order valence-electron chi connectivity index (χ4n) is 1.29. The average Bonchev–Trinajstić information content (AvgIpc) is 2.25. The standard InChI is InChI=1S/C9H19N3O2.HI/c1-13-6-2-3-11-9(10)12-4-7-14-8-5-12;/h2-8H2,1H3,(H2,10,11);1H. The summed E-state index contributed by atoms with van der Waals surface area (Å²) in [6.45, 7) is 4.65. The van der Waals surface area contributed by atoms with E-state index in [1.807, 2.05) is 0 Å². The molecule has 0 unspecified atom stereocenters. The maximum Gasteiger partial charge on any atom is 0.191 e. The highest BCUT2D eigenvalue weighted by Crippen LogP contribution is 1.96. The van der Waals surface area contributed by atoms with Crippen molar-refractivity contribution >= 4 is 29.9 Å². The van der Waals surface area contributed by atoms with Crippen LogP contribution in [0.5, 0.6) is 0 Å². The fraction of sp³-hybridized carbons (Fsp3) is 0.889. The van der Waals surface area contributed by atoms with Gasteiger partial charge < -0.3 is 20.1 Å². The lowest BCUT2D eigenvalue weighted by molar-refractivity contribution is 0.0674. The van der Waals surface area contributed by atoms with Crippen molar-refractivity contribution < 1.29 is 9.47 Å². The molecule has 0 amide bonds. The van der Waals surface area contributed by atoms with E-state index >= 15 is 0 Å². The number of hydrogen-bond donors (Lipinski definition) is 1.